The largest absolute Gasteiger partial charge is 0.326 e. The number of rotatable bonds is 4. The third-order valence-electron chi connectivity index (χ3n) is 4.64. The maximum atomic E-state index is 4.71. The second kappa shape index (κ2) is 6.55. The van der Waals surface area contributed by atoms with E-state index >= 15 is 0 Å². The van der Waals surface area contributed by atoms with Crippen LogP contribution < -0.4 is 10.2 Å². The molecule has 0 spiro atoms. The van der Waals surface area contributed by atoms with Crippen LogP contribution in [0.2, 0.25) is 0 Å². The molecular formula is C21H22N4. The lowest BCUT2D eigenvalue weighted by Crippen LogP contribution is -2.15. The fraction of sp³-hybridized carbons (Fsp3) is 0.238. The number of hydrogen-bond acceptors (Lipinski definition) is 4. The van der Waals surface area contributed by atoms with Crippen LogP contribution in [-0.4, -0.2) is 16.5 Å². The normalized spacial score (nSPS) is 13.2. The molecule has 0 saturated carbocycles. The first kappa shape index (κ1) is 15.6. The molecule has 1 N–H and O–H groups in total. The van der Waals surface area contributed by atoms with Crippen LogP contribution >= 0.6 is 0 Å². The molecule has 0 radical (unpaired) electrons. The van der Waals surface area contributed by atoms with Gasteiger partial charge in [0.05, 0.1) is 0 Å². The van der Waals surface area contributed by atoms with E-state index in [1.54, 1.807) is 0 Å². The maximum absolute atomic E-state index is 4.71. The van der Waals surface area contributed by atoms with Crippen molar-refractivity contribution in [2.45, 2.75) is 26.2 Å². The summed E-state index contributed by atoms with van der Waals surface area (Å²) in [5, 5.41) is 3.31. The van der Waals surface area contributed by atoms with Gasteiger partial charge < -0.3 is 10.2 Å². The van der Waals surface area contributed by atoms with Crippen molar-refractivity contribution < 1.29 is 0 Å². The number of hydrogen-bond donors (Lipinski definition) is 1. The van der Waals surface area contributed by atoms with E-state index in [9.17, 15) is 0 Å². The van der Waals surface area contributed by atoms with Gasteiger partial charge in [0.15, 0.2) is 0 Å². The van der Waals surface area contributed by atoms with E-state index in [-0.39, 0.29) is 0 Å². The molecular weight excluding hydrogens is 308 g/mol. The van der Waals surface area contributed by atoms with Gasteiger partial charge in [0.2, 0.25) is 5.95 Å². The Labute approximate surface area is 148 Å². The van der Waals surface area contributed by atoms with Crippen molar-refractivity contribution >= 4 is 23.1 Å². The van der Waals surface area contributed by atoms with Crippen molar-refractivity contribution in [2.75, 3.05) is 16.8 Å². The number of anilines is 4. The molecule has 2 heterocycles. The molecule has 1 aliphatic heterocycles. The fourth-order valence-electron chi connectivity index (χ4n) is 3.22. The van der Waals surface area contributed by atoms with Gasteiger partial charge >= 0.3 is 0 Å². The summed E-state index contributed by atoms with van der Waals surface area (Å²) in [6.07, 6.45) is 2.87. The summed E-state index contributed by atoms with van der Waals surface area (Å²) in [5.41, 5.74) is 4.95. The molecule has 1 aliphatic rings. The van der Waals surface area contributed by atoms with Gasteiger partial charge in [-0.3, -0.25) is 0 Å². The highest BCUT2D eigenvalue weighted by atomic mass is 15.2. The zero-order valence-electron chi connectivity index (χ0n) is 14.6. The second-order valence-electron chi connectivity index (χ2n) is 6.67. The van der Waals surface area contributed by atoms with Gasteiger partial charge in [0.25, 0.3) is 0 Å². The Morgan fingerprint density at radius 3 is 2.60 bits per heavy atom. The van der Waals surface area contributed by atoms with Crippen LogP contribution in [-0.2, 0) is 6.42 Å². The summed E-state index contributed by atoms with van der Waals surface area (Å²) < 4.78 is 0. The highest BCUT2D eigenvalue weighted by Crippen LogP contribution is 2.33. The number of para-hydroxylation sites is 1. The van der Waals surface area contributed by atoms with Gasteiger partial charge in [-0.25, -0.2) is 4.98 Å². The molecule has 0 saturated heterocycles. The lowest BCUT2D eigenvalue weighted by molar-refractivity contribution is 0.867. The van der Waals surface area contributed by atoms with Gasteiger partial charge in [-0.1, -0.05) is 44.2 Å². The minimum Gasteiger partial charge on any atom is -0.326 e. The third-order valence-corrected chi connectivity index (χ3v) is 4.64. The molecule has 126 valence electrons. The highest BCUT2D eigenvalue weighted by Gasteiger charge is 2.20. The average Bonchev–Trinajstić information content (AvgIpc) is 3.06. The Balaban J connectivity index is 1.56. The van der Waals surface area contributed by atoms with Crippen LogP contribution in [0.3, 0.4) is 0 Å². The summed E-state index contributed by atoms with van der Waals surface area (Å²) in [4.78, 5) is 11.3. The fourth-order valence-corrected chi connectivity index (χ4v) is 3.22. The summed E-state index contributed by atoms with van der Waals surface area (Å²) >= 11 is 0. The average molecular weight is 330 g/mol. The smallest absolute Gasteiger partial charge is 0.229 e. The first-order chi connectivity index (χ1) is 12.2. The molecule has 0 bridgehead atoms. The molecule has 2 aromatic carbocycles. The number of aromatic nitrogens is 2. The van der Waals surface area contributed by atoms with Crippen molar-refractivity contribution in [3.63, 3.8) is 0 Å². The van der Waals surface area contributed by atoms with Crippen LogP contribution in [0.4, 0.5) is 23.1 Å². The van der Waals surface area contributed by atoms with Gasteiger partial charge in [0.1, 0.15) is 5.82 Å². The molecule has 0 aliphatic carbocycles. The van der Waals surface area contributed by atoms with Crippen molar-refractivity contribution in [3.05, 3.63) is 71.9 Å². The summed E-state index contributed by atoms with van der Waals surface area (Å²) in [6.45, 7) is 5.35. The van der Waals surface area contributed by atoms with Gasteiger partial charge in [0, 0.05) is 24.1 Å². The standard InChI is InChI=1S/C21H22N4/c1-15(2)16-7-9-18(10-8-16)23-21-22-13-11-20(24-21)25-14-12-17-5-3-4-6-19(17)25/h3-11,13,15H,12,14H2,1-2H3,(H,22,23,24). The predicted molar refractivity (Wildman–Crippen MR) is 103 cm³/mol. The molecule has 4 rings (SSSR count). The quantitative estimate of drug-likeness (QED) is 0.728. The predicted octanol–water partition coefficient (Wildman–Crippen LogP) is 5.04. The molecule has 0 fully saturated rings. The lowest BCUT2D eigenvalue weighted by Gasteiger charge is -2.18. The molecule has 0 atom stereocenters. The Kier molecular flexibility index (Phi) is 4.10. The van der Waals surface area contributed by atoms with Crippen molar-refractivity contribution in [1.29, 1.82) is 0 Å². The van der Waals surface area contributed by atoms with E-state index in [1.807, 2.05) is 12.3 Å². The van der Waals surface area contributed by atoms with Crippen molar-refractivity contribution in [2.24, 2.45) is 0 Å². The van der Waals surface area contributed by atoms with E-state index < -0.39 is 0 Å². The van der Waals surface area contributed by atoms with E-state index in [2.05, 4.69) is 77.6 Å². The van der Waals surface area contributed by atoms with Gasteiger partial charge in [-0.2, -0.15) is 4.98 Å². The molecule has 3 aromatic rings. The van der Waals surface area contributed by atoms with Crippen LogP contribution in [0.15, 0.2) is 60.8 Å². The molecule has 4 heteroatoms. The highest BCUT2D eigenvalue weighted by molar-refractivity contribution is 5.68. The van der Waals surface area contributed by atoms with Crippen LogP contribution in [0.5, 0.6) is 0 Å². The van der Waals surface area contributed by atoms with Crippen molar-refractivity contribution in [1.82, 2.24) is 9.97 Å². The van der Waals surface area contributed by atoms with Gasteiger partial charge in [-0.15, -0.1) is 0 Å². The second-order valence-corrected chi connectivity index (χ2v) is 6.67. The monoisotopic (exact) mass is 330 g/mol. The Hall–Kier alpha value is -2.88. The van der Waals surface area contributed by atoms with Crippen molar-refractivity contribution in [3.8, 4) is 0 Å². The van der Waals surface area contributed by atoms with E-state index in [0.29, 0.717) is 11.9 Å². The first-order valence-electron chi connectivity index (χ1n) is 8.76. The zero-order valence-corrected chi connectivity index (χ0v) is 14.6. The van der Waals surface area contributed by atoms with Crippen LogP contribution in [0.25, 0.3) is 0 Å². The molecule has 4 nitrogen and oxygen atoms in total. The van der Waals surface area contributed by atoms with E-state index in [0.717, 1.165) is 24.5 Å². The number of benzene rings is 2. The number of nitrogens with zero attached hydrogens (tertiary/aromatic N) is 3. The molecule has 0 unspecified atom stereocenters. The van der Waals surface area contributed by atoms with E-state index in [1.165, 1.54) is 16.8 Å². The lowest BCUT2D eigenvalue weighted by atomic mass is 10.0. The van der Waals surface area contributed by atoms with Crippen LogP contribution in [0, 0.1) is 0 Å². The Bertz CT molecular complexity index is 871. The first-order valence-corrected chi connectivity index (χ1v) is 8.76. The summed E-state index contributed by atoms with van der Waals surface area (Å²) in [5.74, 6) is 2.09. The minimum atomic E-state index is 0.531. The number of nitrogens with one attached hydrogen (secondary N) is 1. The van der Waals surface area contributed by atoms with Crippen LogP contribution in [0.1, 0.15) is 30.9 Å². The minimum absolute atomic E-state index is 0.531. The molecule has 25 heavy (non-hydrogen) atoms. The molecule has 0 amide bonds. The summed E-state index contributed by atoms with van der Waals surface area (Å²) in [6, 6.07) is 18.9. The SMILES string of the molecule is CC(C)c1ccc(Nc2nccc(N3CCc4ccccc43)n2)cc1. The van der Waals surface area contributed by atoms with E-state index in [4.69, 9.17) is 4.98 Å². The Morgan fingerprint density at radius 2 is 1.80 bits per heavy atom. The Morgan fingerprint density at radius 1 is 1.00 bits per heavy atom. The third kappa shape index (κ3) is 3.20. The summed E-state index contributed by atoms with van der Waals surface area (Å²) in [7, 11) is 0. The maximum Gasteiger partial charge on any atom is 0.229 e. The number of fused-ring (bicyclic) bond motifs is 1. The molecule has 1 aromatic heterocycles. The topological polar surface area (TPSA) is 41.1 Å². The zero-order chi connectivity index (χ0) is 17.2. The van der Waals surface area contributed by atoms with Gasteiger partial charge in [-0.05, 0) is 47.7 Å².